The normalized spacial score (nSPS) is 22.5. The van der Waals surface area contributed by atoms with Crippen LogP contribution in [0, 0.1) is 0 Å². The van der Waals surface area contributed by atoms with Gasteiger partial charge in [-0.05, 0) is 12.8 Å². The molecule has 132 valence electrons. The average molecular weight is 354 g/mol. The molecule has 0 bridgehead atoms. The third-order valence-corrected chi connectivity index (χ3v) is 5.58. The second-order valence-corrected chi connectivity index (χ2v) is 8.20. The Bertz CT molecular complexity index is 703. The molecule has 0 aliphatic carbocycles. The number of morpholine rings is 1. The van der Waals surface area contributed by atoms with Crippen molar-refractivity contribution in [3.8, 4) is 0 Å². The summed E-state index contributed by atoms with van der Waals surface area (Å²) in [5.74, 6) is -0.0866. The summed E-state index contributed by atoms with van der Waals surface area (Å²) in [5, 5.41) is 0. The molecule has 0 aromatic carbocycles. The van der Waals surface area contributed by atoms with Gasteiger partial charge in [-0.15, -0.1) is 0 Å². The Morgan fingerprint density at radius 2 is 2.00 bits per heavy atom. The molecule has 0 saturated carbocycles. The van der Waals surface area contributed by atoms with Crippen LogP contribution in [0.25, 0.3) is 0 Å². The molecule has 9 heteroatoms. The molecule has 0 spiro atoms. The first-order valence-electron chi connectivity index (χ1n) is 8.08. The van der Waals surface area contributed by atoms with Crippen LogP contribution in [0.3, 0.4) is 0 Å². The fourth-order valence-corrected chi connectivity index (χ4v) is 4.10. The average Bonchev–Trinajstić information content (AvgIpc) is 2.61. The van der Waals surface area contributed by atoms with E-state index < -0.39 is 9.84 Å². The molecule has 8 nitrogen and oxygen atoms in total. The number of aromatic nitrogens is 2. The molecule has 2 amide bonds. The number of carbonyl (C=O) groups excluding carboxylic acids is 1. The van der Waals surface area contributed by atoms with Gasteiger partial charge >= 0.3 is 6.03 Å². The fourth-order valence-electron chi connectivity index (χ4n) is 3.25. The highest BCUT2D eigenvalue weighted by atomic mass is 32.2. The number of nitrogens with zero attached hydrogens (tertiary/aromatic N) is 4. The number of rotatable bonds is 2. The second kappa shape index (κ2) is 7.02. The minimum Gasteiger partial charge on any atom is -0.378 e. The molecule has 2 aliphatic rings. The second-order valence-electron chi connectivity index (χ2n) is 6.21. The lowest BCUT2D eigenvalue weighted by atomic mass is 9.94. The SMILES string of the molecule is CS(=O)(=O)c1cncnc1[C@H]1CCCN(C(=O)N2CCOCC2)C1. The predicted molar refractivity (Wildman–Crippen MR) is 86.5 cm³/mol. The monoisotopic (exact) mass is 354 g/mol. The molecule has 24 heavy (non-hydrogen) atoms. The van der Waals surface area contributed by atoms with E-state index in [-0.39, 0.29) is 16.8 Å². The molecule has 1 atom stereocenters. The Labute approximate surface area is 141 Å². The van der Waals surface area contributed by atoms with E-state index in [0.29, 0.717) is 45.1 Å². The van der Waals surface area contributed by atoms with Crippen LogP contribution in [0.2, 0.25) is 0 Å². The first kappa shape index (κ1) is 17.1. The van der Waals surface area contributed by atoms with E-state index in [0.717, 1.165) is 19.1 Å². The van der Waals surface area contributed by atoms with Crippen LogP contribution in [0.5, 0.6) is 0 Å². The van der Waals surface area contributed by atoms with Gasteiger partial charge in [0.2, 0.25) is 0 Å². The minimum atomic E-state index is -3.40. The number of urea groups is 1. The van der Waals surface area contributed by atoms with Gasteiger partial charge in [-0.25, -0.2) is 23.2 Å². The minimum absolute atomic E-state index is 0.00189. The highest BCUT2D eigenvalue weighted by molar-refractivity contribution is 7.90. The Balaban J connectivity index is 1.78. The van der Waals surface area contributed by atoms with E-state index in [4.69, 9.17) is 4.74 Å². The molecule has 3 heterocycles. The van der Waals surface area contributed by atoms with Crippen molar-refractivity contribution in [1.29, 1.82) is 0 Å². The quantitative estimate of drug-likeness (QED) is 0.768. The number of hydrogen-bond donors (Lipinski definition) is 0. The maximum absolute atomic E-state index is 12.7. The Morgan fingerprint density at radius 3 is 2.71 bits per heavy atom. The zero-order valence-electron chi connectivity index (χ0n) is 13.7. The van der Waals surface area contributed by atoms with Crippen LogP contribution < -0.4 is 0 Å². The maximum atomic E-state index is 12.7. The Kier molecular flexibility index (Phi) is 5.00. The van der Waals surface area contributed by atoms with Gasteiger partial charge in [-0.1, -0.05) is 0 Å². The summed E-state index contributed by atoms with van der Waals surface area (Å²) in [7, 11) is -3.40. The molecule has 1 aromatic heterocycles. The lowest BCUT2D eigenvalue weighted by molar-refractivity contribution is 0.0407. The van der Waals surface area contributed by atoms with Crippen molar-refractivity contribution >= 4 is 15.9 Å². The third-order valence-electron chi connectivity index (χ3n) is 4.47. The Morgan fingerprint density at radius 1 is 1.25 bits per heavy atom. The van der Waals surface area contributed by atoms with E-state index in [1.807, 2.05) is 0 Å². The summed E-state index contributed by atoms with van der Waals surface area (Å²) in [6.45, 7) is 3.49. The number of likely N-dealkylation sites (tertiary alicyclic amines) is 1. The van der Waals surface area contributed by atoms with Crippen molar-refractivity contribution in [1.82, 2.24) is 19.8 Å². The molecule has 0 unspecified atom stereocenters. The zero-order valence-corrected chi connectivity index (χ0v) is 14.5. The van der Waals surface area contributed by atoms with Gasteiger partial charge in [0.15, 0.2) is 9.84 Å². The highest BCUT2D eigenvalue weighted by Crippen LogP contribution is 2.30. The summed E-state index contributed by atoms with van der Waals surface area (Å²) in [6.07, 6.45) is 5.52. The largest absolute Gasteiger partial charge is 0.378 e. The number of ether oxygens (including phenoxy) is 1. The van der Waals surface area contributed by atoms with Gasteiger partial charge in [-0.3, -0.25) is 0 Å². The molecular formula is C15H22N4O4S. The molecule has 2 fully saturated rings. The van der Waals surface area contributed by atoms with Gasteiger partial charge in [0.05, 0.1) is 18.9 Å². The summed E-state index contributed by atoms with van der Waals surface area (Å²) in [4.78, 5) is 24.5. The van der Waals surface area contributed by atoms with Crippen LogP contribution in [0.1, 0.15) is 24.5 Å². The van der Waals surface area contributed by atoms with E-state index in [1.165, 1.54) is 12.5 Å². The summed E-state index contributed by atoms with van der Waals surface area (Å²) in [5.41, 5.74) is 0.520. The molecule has 2 aliphatic heterocycles. The number of amides is 2. The number of carbonyl (C=O) groups is 1. The highest BCUT2D eigenvalue weighted by Gasteiger charge is 2.31. The lowest BCUT2D eigenvalue weighted by Crippen LogP contribution is -2.50. The molecule has 3 rings (SSSR count). The van der Waals surface area contributed by atoms with Crippen molar-refractivity contribution in [2.24, 2.45) is 0 Å². The first-order valence-corrected chi connectivity index (χ1v) is 9.97. The molecule has 2 saturated heterocycles. The first-order chi connectivity index (χ1) is 11.5. The van der Waals surface area contributed by atoms with Crippen molar-refractivity contribution in [2.75, 3.05) is 45.6 Å². The summed E-state index contributed by atoms with van der Waals surface area (Å²) in [6, 6.07) is -0.00189. The van der Waals surface area contributed by atoms with Crippen LogP contribution in [0.15, 0.2) is 17.4 Å². The molecule has 0 radical (unpaired) electrons. The van der Waals surface area contributed by atoms with Gasteiger partial charge in [0.1, 0.15) is 11.2 Å². The summed E-state index contributed by atoms with van der Waals surface area (Å²) < 4.78 is 29.2. The molecular weight excluding hydrogens is 332 g/mol. The van der Waals surface area contributed by atoms with Crippen molar-refractivity contribution in [2.45, 2.75) is 23.7 Å². The van der Waals surface area contributed by atoms with E-state index in [2.05, 4.69) is 9.97 Å². The molecule has 1 aromatic rings. The Hall–Kier alpha value is -1.74. The van der Waals surface area contributed by atoms with Crippen molar-refractivity contribution < 1.29 is 17.9 Å². The van der Waals surface area contributed by atoms with Gasteiger partial charge in [0, 0.05) is 44.5 Å². The van der Waals surface area contributed by atoms with E-state index >= 15 is 0 Å². The van der Waals surface area contributed by atoms with E-state index in [1.54, 1.807) is 9.80 Å². The summed E-state index contributed by atoms with van der Waals surface area (Å²) >= 11 is 0. The fraction of sp³-hybridized carbons (Fsp3) is 0.667. The van der Waals surface area contributed by atoms with Gasteiger partial charge < -0.3 is 14.5 Å². The van der Waals surface area contributed by atoms with Gasteiger partial charge in [-0.2, -0.15) is 0 Å². The zero-order chi connectivity index (χ0) is 17.2. The topological polar surface area (TPSA) is 92.7 Å². The van der Waals surface area contributed by atoms with Crippen molar-refractivity contribution in [3.05, 3.63) is 18.2 Å². The van der Waals surface area contributed by atoms with Crippen LogP contribution in [-0.4, -0.2) is 79.9 Å². The lowest BCUT2D eigenvalue weighted by Gasteiger charge is -2.37. The third kappa shape index (κ3) is 3.67. The number of piperidine rings is 1. The smallest absolute Gasteiger partial charge is 0.320 e. The van der Waals surface area contributed by atoms with Crippen LogP contribution >= 0.6 is 0 Å². The number of sulfone groups is 1. The maximum Gasteiger partial charge on any atom is 0.320 e. The van der Waals surface area contributed by atoms with Crippen LogP contribution in [-0.2, 0) is 14.6 Å². The van der Waals surface area contributed by atoms with E-state index in [9.17, 15) is 13.2 Å². The number of hydrogen-bond acceptors (Lipinski definition) is 6. The molecule has 0 N–H and O–H groups in total. The van der Waals surface area contributed by atoms with Gasteiger partial charge in [0.25, 0.3) is 0 Å². The van der Waals surface area contributed by atoms with Crippen molar-refractivity contribution in [3.63, 3.8) is 0 Å². The standard InChI is InChI=1S/C15H22N4O4S/c1-24(21,22)13-9-16-11-17-14(13)12-3-2-4-19(10-12)15(20)18-5-7-23-8-6-18/h9,11-12H,2-8,10H2,1H3/t12-/m0/s1. The predicted octanol–water partition coefficient (Wildman–Crippen LogP) is 0.512. The van der Waals surface area contributed by atoms with Crippen LogP contribution in [0.4, 0.5) is 4.79 Å².